The molecule has 46 heavy (non-hydrogen) atoms. The van der Waals surface area contributed by atoms with E-state index >= 15 is 0 Å². The highest BCUT2D eigenvalue weighted by Crippen LogP contribution is 2.57. The van der Waals surface area contributed by atoms with Gasteiger partial charge in [0.15, 0.2) is 0 Å². The van der Waals surface area contributed by atoms with Gasteiger partial charge in [0.2, 0.25) is 11.8 Å². The van der Waals surface area contributed by atoms with E-state index in [9.17, 15) is 19.8 Å². The smallest absolute Gasteiger partial charge is 0.230 e. The maximum absolute atomic E-state index is 13.0. The van der Waals surface area contributed by atoms with Crippen LogP contribution in [0.3, 0.4) is 0 Å². The minimum Gasteiger partial charge on any atom is -0.390 e. The Hall–Kier alpha value is -2.70. The second-order valence-corrected chi connectivity index (χ2v) is 17.4. The van der Waals surface area contributed by atoms with E-state index in [-0.39, 0.29) is 23.9 Å². The van der Waals surface area contributed by atoms with E-state index in [2.05, 4.69) is 10.6 Å². The van der Waals surface area contributed by atoms with Crippen molar-refractivity contribution in [2.24, 2.45) is 35.5 Å². The van der Waals surface area contributed by atoms with Crippen LogP contribution in [0.2, 0.25) is 0 Å². The zero-order valence-electron chi connectivity index (χ0n) is 28.2. The monoisotopic (exact) mass is 626 g/mol. The molecule has 8 saturated carbocycles. The summed E-state index contributed by atoms with van der Waals surface area (Å²) in [6.07, 6.45) is 10.2. The molecule has 8 bridgehead atoms. The van der Waals surface area contributed by atoms with Gasteiger partial charge in [-0.1, -0.05) is 60.7 Å². The van der Waals surface area contributed by atoms with Crippen LogP contribution in [0.1, 0.15) is 103 Å². The van der Waals surface area contributed by atoms with Crippen LogP contribution in [0, 0.1) is 35.5 Å². The second-order valence-electron chi connectivity index (χ2n) is 17.4. The summed E-state index contributed by atoms with van der Waals surface area (Å²) in [6.45, 7) is 8.01. The predicted octanol–water partition coefficient (Wildman–Crippen LogP) is 6.04. The number of carbonyl (C=O) groups is 2. The van der Waals surface area contributed by atoms with Gasteiger partial charge >= 0.3 is 0 Å². The van der Waals surface area contributed by atoms with Gasteiger partial charge < -0.3 is 20.8 Å². The molecule has 0 aromatic heterocycles. The third-order valence-corrected chi connectivity index (χ3v) is 13.2. The van der Waals surface area contributed by atoms with Crippen LogP contribution >= 0.6 is 0 Å². The summed E-state index contributed by atoms with van der Waals surface area (Å²) in [7, 11) is 0. The zero-order chi connectivity index (χ0) is 32.5. The van der Waals surface area contributed by atoms with Crippen LogP contribution < -0.4 is 10.6 Å². The van der Waals surface area contributed by atoms with Crippen molar-refractivity contribution >= 4 is 11.8 Å². The molecular weight excluding hydrogens is 572 g/mol. The molecule has 8 fully saturated rings. The van der Waals surface area contributed by atoms with Crippen molar-refractivity contribution in [1.29, 1.82) is 0 Å². The van der Waals surface area contributed by atoms with Crippen LogP contribution in [0.5, 0.6) is 0 Å². The maximum Gasteiger partial charge on any atom is 0.230 e. The van der Waals surface area contributed by atoms with E-state index in [1.807, 2.05) is 88.4 Å². The Morgan fingerprint density at radius 3 is 1.15 bits per heavy atom. The highest BCUT2D eigenvalue weighted by molar-refractivity contribution is 5.88. The van der Waals surface area contributed by atoms with Gasteiger partial charge in [-0.2, -0.15) is 0 Å². The molecule has 4 atom stereocenters. The Kier molecular flexibility index (Phi) is 7.95. The molecular formula is C40H54N2O4. The predicted molar refractivity (Wildman–Crippen MR) is 180 cm³/mol. The number of amides is 2. The van der Waals surface area contributed by atoms with Crippen molar-refractivity contribution in [3.05, 3.63) is 71.8 Å². The Labute approximate surface area is 275 Å². The fourth-order valence-electron chi connectivity index (χ4n) is 11.1. The van der Waals surface area contributed by atoms with Crippen molar-refractivity contribution in [2.45, 2.75) is 126 Å². The van der Waals surface area contributed by atoms with E-state index in [4.69, 9.17) is 0 Å². The molecule has 0 saturated heterocycles. The van der Waals surface area contributed by atoms with Gasteiger partial charge in [-0.05, 0) is 139 Å². The fraction of sp³-hybridized carbons (Fsp3) is 0.650. The molecule has 6 heteroatoms. The minimum atomic E-state index is -0.521. The number of rotatable bonds is 6. The van der Waals surface area contributed by atoms with Gasteiger partial charge in [0.1, 0.15) is 0 Å². The van der Waals surface area contributed by atoms with Crippen molar-refractivity contribution in [3.8, 4) is 0 Å². The Bertz CT molecular complexity index is 1300. The first-order valence-corrected chi connectivity index (χ1v) is 17.9. The third-order valence-electron chi connectivity index (χ3n) is 13.2. The first-order chi connectivity index (χ1) is 21.7. The normalized spacial score (nSPS) is 38.6. The summed E-state index contributed by atoms with van der Waals surface area (Å²) in [4.78, 5) is 25.9. The largest absolute Gasteiger partial charge is 0.390 e. The van der Waals surface area contributed by atoms with Gasteiger partial charge in [-0.3, -0.25) is 9.59 Å². The van der Waals surface area contributed by atoms with E-state index in [1.54, 1.807) is 0 Å². The molecule has 8 aliphatic carbocycles. The fourth-order valence-corrected chi connectivity index (χ4v) is 11.1. The number of nitrogens with one attached hydrogen (secondary N) is 2. The maximum atomic E-state index is 13.0. The van der Waals surface area contributed by atoms with Crippen molar-refractivity contribution in [3.63, 3.8) is 0 Å². The molecule has 4 N–H and O–H groups in total. The molecule has 0 aliphatic heterocycles. The quantitative estimate of drug-likeness (QED) is 0.314. The first kappa shape index (κ1) is 31.9. The summed E-state index contributed by atoms with van der Waals surface area (Å²) < 4.78 is 0. The van der Waals surface area contributed by atoms with Crippen molar-refractivity contribution in [2.75, 3.05) is 0 Å². The topological polar surface area (TPSA) is 98.7 Å². The molecule has 8 aliphatic rings. The second kappa shape index (κ2) is 11.5. The molecule has 0 radical (unpaired) electrons. The highest BCUT2D eigenvalue weighted by Gasteiger charge is 2.56. The van der Waals surface area contributed by atoms with Crippen LogP contribution in [0.25, 0.3) is 0 Å². The molecule has 4 unspecified atom stereocenters. The standard InChI is InChI=1S/2C20H27NO2/c2*1-19(2,16-6-4-3-5-7-16)18(22)21-17-14-8-13-9-15(17)12-20(23,10-13)11-14/h2*3-7,13-15,17,23H,8-12H2,1-2H3,(H,21,22). The van der Waals surface area contributed by atoms with Crippen LogP contribution in [0.15, 0.2) is 60.7 Å². The molecule has 0 heterocycles. The average Bonchev–Trinajstić information content (AvgIpc) is 3.00. The third kappa shape index (κ3) is 5.83. The molecule has 2 amide bonds. The molecule has 248 valence electrons. The Morgan fingerprint density at radius 1 is 0.565 bits per heavy atom. The highest BCUT2D eigenvalue weighted by atomic mass is 16.3. The van der Waals surface area contributed by atoms with Gasteiger partial charge in [-0.15, -0.1) is 0 Å². The molecule has 10 rings (SSSR count). The number of benzene rings is 2. The first-order valence-electron chi connectivity index (χ1n) is 17.9. The minimum absolute atomic E-state index is 0.119. The van der Waals surface area contributed by atoms with Gasteiger partial charge in [0.25, 0.3) is 0 Å². The lowest BCUT2D eigenvalue weighted by atomic mass is 9.52. The van der Waals surface area contributed by atoms with Crippen LogP contribution in [-0.2, 0) is 20.4 Å². The number of hydrogen-bond acceptors (Lipinski definition) is 4. The molecule has 0 spiro atoms. The van der Waals surface area contributed by atoms with Crippen LogP contribution in [0.4, 0.5) is 0 Å². The molecule has 2 aromatic rings. The summed E-state index contributed by atoms with van der Waals surface area (Å²) in [5.41, 5.74) is 0.193. The molecule has 2 aromatic carbocycles. The lowest BCUT2D eigenvalue weighted by molar-refractivity contribution is -0.148. The van der Waals surface area contributed by atoms with Gasteiger partial charge in [0.05, 0.1) is 22.0 Å². The van der Waals surface area contributed by atoms with Gasteiger partial charge in [0, 0.05) is 12.1 Å². The van der Waals surface area contributed by atoms with Crippen molar-refractivity contribution < 1.29 is 19.8 Å². The Balaban J connectivity index is 0.000000147. The summed E-state index contributed by atoms with van der Waals surface area (Å²) in [5.74, 6) is 3.42. The van der Waals surface area contributed by atoms with E-state index in [0.717, 1.165) is 49.7 Å². The van der Waals surface area contributed by atoms with E-state index in [0.29, 0.717) is 35.5 Å². The lowest BCUT2D eigenvalue weighted by Gasteiger charge is -2.58. The summed E-state index contributed by atoms with van der Waals surface area (Å²) in [5, 5.41) is 28.1. The average molecular weight is 627 g/mol. The van der Waals surface area contributed by atoms with E-state index in [1.165, 1.54) is 25.7 Å². The SMILES string of the molecule is CC(C)(C(=O)NC1C2CC3CC1CC(O)(C3)C2)c1ccccc1.CC(C)(C(=O)NC1C2CC3CC1CC(O)(C3)C2)c1ccccc1. The van der Waals surface area contributed by atoms with Crippen LogP contribution in [-0.4, -0.2) is 45.3 Å². The van der Waals surface area contributed by atoms with Crippen molar-refractivity contribution in [1.82, 2.24) is 10.6 Å². The summed E-state index contributed by atoms with van der Waals surface area (Å²) in [6, 6.07) is 20.5. The van der Waals surface area contributed by atoms with E-state index < -0.39 is 22.0 Å². The number of aliphatic hydroxyl groups is 2. The number of hydrogen-bond donors (Lipinski definition) is 4. The van der Waals surface area contributed by atoms with Gasteiger partial charge in [-0.25, -0.2) is 0 Å². The Morgan fingerprint density at radius 2 is 0.870 bits per heavy atom. The lowest BCUT2D eigenvalue weighted by Crippen LogP contribution is -2.62. The summed E-state index contributed by atoms with van der Waals surface area (Å²) >= 11 is 0. The number of carbonyl (C=O) groups excluding carboxylic acids is 2. The molecule has 6 nitrogen and oxygen atoms in total. The zero-order valence-corrected chi connectivity index (χ0v) is 28.2.